The minimum Gasteiger partial charge on any atom is -0.371 e. The Morgan fingerprint density at radius 3 is 2.86 bits per heavy atom. The number of likely N-dealkylation sites (tertiary alicyclic amines) is 1. The maximum Gasteiger partial charge on any atom is 0.245 e. The van der Waals surface area contributed by atoms with Gasteiger partial charge < -0.3 is 19.7 Å². The molecule has 5 atom stereocenters. The van der Waals surface area contributed by atoms with Gasteiger partial charge in [-0.15, -0.1) is 0 Å². The van der Waals surface area contributed by atoms with Crippen molar-refractivity contribution in [2.75, 3.05) is 25.5 Å². The molecule has 0 radical (unpaired) electrons. The second-order valence-corrected chi connectivity index (χ2v) is 8.27. The Morgan fingerprint density at radius 2 is 2.10 bits per heavy atom. The summed E-state index contributed by atoms with van der Waals surface area (Å²) in [5.41, 5.74) is 4.24. The van der Waals surface area contributed by atoms with Gasteiger partial charge in [-0.25, -0.2) is 0 Å². The van der Waals surface area contributed by atoms with E-state index in [0.29, 0.717) is 5.92 Å². The molecule has 0 bridgehead atoms. The number of anilines is 1. The predicted molar refractivity (Wildman–Crippen MR) is 110 cm³/mol. The minimum atomic E-state index is -0.284. The van der Waals surface area contributed by atoms with Crippen molar-refractivity contribution in [3.8, 4) is 0 Å². The lowest BCUT2D eigenvalue weighted by Crippen LogP contribution is -2.47. The largest absolute Gasteiger partial charge is 0.371 e. The molecule has 3 aliphatic rings. The molecule has 29 heavy (non-hydrogen) atoms. The number of fused-ring (bicyclic) bond motifs is 1. The van der Waals surface area contributed by atoms with Gasteiger partial charge in [0.1, 0.15) is 12.1 Å². The summed E-state index contributed by atoms with van der Waals surface area (Å²) in [4.78, 5) is 20.1. The van der Waals surface area contributed by atoms with Crippen LogP contribution >= 0.6 is 0 Å². The second-order valence-electron chi connectivity index (χ2n) is 8.27. The normalized spacial score (nSPS) is 30.6. The second kappa shape index (κ2) is 7.43. The van der Waals surface area contributed by atoms with Crippen LogP contribution in [0.25, 0.3) is 0 Å². The monoisotopic (exact) mass is 393 g/mol. The first kappa shape index (κ1) is 18.6. The average Bonchev–Trinajstić information content (AvgIpc) is 3.49. The SMILES string of the molecule is COC1OC1c1ccnc2c1N[C@@H](C(=O)N1CCCC(c3ccccc3)C1)C2C. The Morgan fingerprint density at radius 1 is 1.28 bits per heavy atom. The van der Waals surface area contributed by atoms with Crippen LogP contribution in [-0.2, 0) is 14.3 Å². The van der Waals surface area contributed by atoms with E-state index >= 15 is 0 Å². The molecule has 1 aromatic heterocycles. The van der Waals surface area contributed by atoms with E-state index in [0.717, 1.165) is 42.9 Å². The van der Waals surface area contributed by atoms with Gasteiger partial charge in [0, 0.05) is 43.8 Å². The third-order valence-corrected chi connectivity index (χ3v) is 6.50. The Hall–Kier alpha value is -2.44. The van der Waals surface area contributed by atoms with E-state index in [1.165, 1.54) is 5.56 Å². The van der Waals surface area contributed by atoms with Gasteiger partial charge in [0.05, 0.1) is 11.4 Å². The van der Waals surface area contributed by atoms with Crippen LogP contribution in [0.1, 0.15) is 54.5 Å². The van der Waals surface area contributed by atoms with Gasteiger partial charge in [-0.1, -0.05) is 37.3 Å². The molecule has 2 saturated heterocycles. The van der Waals surface area contributed by atoms with E-state index in [9.17, 15) is 4.79 Å². The molecule has 6 heteroatoms. The standard InChI is InChI=1S/C23H27N3O3/c1-14-18-20(17(10-11-24-18)21-23(28-2)29-21)25-19(14)22(27)26-12-6-9-16(13-26)15-7-4-3-5-8-15/h3-5,7-8,10-11,14,16,19,21,23,25H,6,9,12-13H2,1-2H3/t14?,16?,19-,21?,23?/m1/s1. The van der Waals surface area contributed by atoms with Crippen LogP contribution < -0.4 is 5.32 Å². The van der Waals surface area contributed by atoms with E-state index in [-0.39, 0.29) is 30.3 Å². The quantitative estimate of drug-likeness (QED) is 0.806. The number of hydrogen-bond donors (Lipinski definition) is 1. The van der Waals surface area contributed by atoms with Crippen LogP contribution in [0.4, 0.5) is 5.69 Å². The summed E-state index contributed by atoms with van der Waals surface area (Å²) < 4.78 is 10.9. The number of nitrogens with one attached hydrogen (secondary N) is 1. The van der Waals surface area contributed by atoms with E-state index in [2.05, 4.69) is 41.5 Å². The summed E-state index contributed by atoms with van der Waals surface area (Å²) in [7, 11) is 1.65. The topological polar surface area (TPSA) is 67.0 Å². The van der Waals surface area contributed by atoms with E-state index in [1.54, 1.807) is 13.3 Å². The first-order chi connectivity index (χ1) is 14.2. The smallest absolute Gasteiger partial charge is 0.245 e. The zero-order valence-corrected chi connectivity index (χ0v) is 16.9. The number of benzene rings is 1. The number of epoxide rings is 1. The third-order valence-electron chi connectivity index (χ3n) is 6.50. The van der Waals surface area contributed by atoms with Crippen LogP contribution in [0.15, 0.2) is 42.6 Å². The number of nitrogens with zero attached hydrogens (tertiary/aromatic N) is 2. The van der Waals surface area contributed by atoms with Crippen LogP contribution in [0.3, 0.4) is 0 Å². The predicted octanol–water partition coefficient (Wildman–Crippen LogP) is 3.43. The van der Waals surface area contributed by atoms with Crippen molar-refractivity contribution in [2.24, 2.45) is 0 Å². The molecule has 1 aromatic carbocycles. The van der Waals surface area contributed by atoms with Gasteiger partial charge in [0.15, 0.2) is 6.29 Å². The van der Waals surface area contributed by atoms with Crippen molar-refractivity contribution in [1.82, 2.24) is 9.88 Å². The van der Waals surface area contributed by atoms with E-state index in [4.69, 9.17) is 9.47 Å². The van der Waals surface area contributed by atoms with Crippen molar-refractivity contribution in [2.45, 2.75) is 50.0 Å². The van der Waals surface area contributed by atoms with Crippen LogP contribution in [-0.4, -0.2) is 48.3 Å². The fourth-order valence-electron chi connectivity index (χ4n) is 4.82. The molecule has 5 rings (SSSR count). The molecule has 0 spiro atoms. The highest BCUT2D eigenvalue weighted by Gasteiger charge is 2.46. The number of amides is 1. The Balaban J connectivity index is 1.33. The van der Waals surface area contributed by atoms with Gasteiger partial charge in [0.2, 0.25) is 5.91 Å². The summed E-state index contributed by atoms with van der Waals surface area (Å²) in [6.07, 6.45) is 3.68. The van der Waals surface area contributed by atoms with Crippen LogP contribution in [0.5, 0.6) is 0 Å². The Bertz CT molecular complexity index is 903. The number of piperidine rings is 1. The van der Waals surface area contributed by atoms with Crippen molar-refractivity contribution in [3.05, 3.63) is 59.4 Å². The summed E-state index contributed by atoms with van der Waals surface area (Å²) in [5, 5.41) is 3.48. The summed E-state index contributed by atoms with van der Waals surface area (Å²) in [6.45, 7) is 3.68. The minimum absolute atomic E-state index is 0.0225. The lowest BCUT2D eigenvalue weighted by atomic mass is 9.90. The van der Waals surface area contributed by atoms with E-state index < -0.39 is 0 Å². The molecule has 3 aliphatic heterocycles. The number of carbonyl (C=O) groups is 1. The number of hydrogen-bond acceptors (Lipinski definition) is 5. The lowest BCUT2D eigenvalue weighted by Gasteiger charge is -2.35. The third kappa shape index (κ3) is 3.30. The molecule has 1 N–H and O–H groups in total. The molecule has 4 unspecified atom stereocenters. The van der Waals surface area contributed by atoms with Gasteiger partial charge in [-0.3, -0.25) is 9.78 Å². The molecule has 0 aliphatic carbocycles. The molecule has 0 saturated carbocycles. The number of aromatic nitrogens is 1. The van der Waals surface area contributed by atoms with Gasteiger partial charge in [0.25, 0.3) is 0 Å². The molecule has 152 valence electrons. The fraction of sp³-hybridized carbons (Fsp3) is 0.478. The number of methoxy groups -OCH3 is 1. The summed E-state index contributed by atoms with van der Waals surface area (Å²) >= 11 is 0. The van der Waals surface area contributed by atoms with Gasteiger partial charge in [-0.2, -0.15) is 0 Å². The highest BCUT2D eigenvalue weighted by Crippen LogP contribution is 2.47. The molecule has 4 heterocycles. The maximum atomic E-state index is 13.5. The average molecular weight is 393 g/mol. The first-order valence-corrected chi connectivity index (χ1v) is 10.4. The van der Waals surface area contributed by atoms with Crippen molar-refractivity contribution in [3.63, 3.8) is 0 Å². The van der Waals surface area contributed by atoms with Crippen molar-refractivity contribution >= 4 is 11.6 Å². The molecule has 2 aromatic rings. The molecule has 2 fully saturated rings. The van der Waals surface area contributed by atoms with Crippen LogP contribution in [0.2, 0.25) is 0 Å². The molecule has 6 nitrogen and oxygen atoms in total. The zero-order valence-electron chi connectivity index (χ0n) is 16.9. The van der Waals surface area contributed by atoms with Crippen LogP contribution in [0, 0.1) is 0 Å². The highest BCUT2D eigenvalue weighted by atomic mass is 16.8. The number of ether oxygens (including phenoxy) is 2. The molecule has 1 amide bonds. The molecular formula is C23H27N3O3. The number of pyridine rings is 1. The number of carbonyl (C=O) groups excluding carboxylic acids is 1. The Kier molecular flexibility index (Phi) is 4.76. The Labute approximate surface area is 171 Å². The van der Waals surface area contributed by atoms with Gasteiger partial charge in [-0.05, 0) is 24.5 Å². The summed E-state index contributed by atoms with van der Waals surface area (Å²) in [6, 6.07) is 12.2. The number of rotatable bonds is 4. The zero-order chi connectivity index (χ0) is 20.0. The van der Waals surface area contributed by atoms with Crippen molar-refractivity contribution < 1.29 is 14.3 Å². The molecular weight excluding hydrogens is 366 g/mol. The summed E-state index contributed by atoms with van der Waals surface area (Å²) in [5.74, 6) is 0.598. The van der Waals surface area contributed by atoms with E-state index in [1.807, 2.05) is 17.0 Å². The lowest BCUT2D eigenvalue weighted by molar-refractivity contribution is -0.133. The first-order valence-electron chi connectivity index (χ1n) is 10.4. The maximum absolute atomic E-state index is 13.5. The van der Waals surface area contributed by atoms with Crippen molar-refractivity contribution in [1.29, 1.82) is 0 Å². The van der Waals surface area contributed by atoms with Gasteiger partial charge >= 0.3 is 0 Å². The highest BCUT2D eigenvalue weighted by molar-refractivity contribution is 5.89. The fourth-order valence-corrected chi connectivity index (χ4v) is 4.82.